The van der Waals surface area contributed by atoms with Crippen molar-refractivity contribution in [3.05, 3.63) is 34.0 Å². The second kappa shape index (κ2) is 5.26. The number of aromatic nitrogens is 3. The maximum atomic E-state index is 12.4. The van der Waals surface area contributed by atoms with Crippen molar-refractivity contribution in [2.75, 3.05) is 13.1 Å². The standard InChI is InChI=1S/C15H18N4OS/c20-15(12-4-2-8-21-12)19-7-1-3-11(9-19)14-16-13(17-18-14)10-5-6-10/h2,4,8,10-11H,1,3,5-7,9H2,(H,16,17,18)/t11-/m1/s1. The van der Waals surface area contributed by atoms with Gasteiger partial charge in [0.05, 0.1) is 4.88 Å². The molecule has 0 unspecified atom stereocenters. The molecule has 1 amide bonds. The van der Waals surface area contributed by atoms with Gasteiger partial charge >= 0.3 is 0 Å². The van der Waals surface area contributed by atoms with Crippen LogP contribution in [0, 0.1) is 0 Å². The fourth-order valence-corrected chi connectivity index (χ4v) is 3.63. The van der Waals surface area contributed by atoms with Crippen molar-refractivity contribution in [2.45, 2.75) is 37.5 Å². The minimum absolute atomic E-state index is 0.146. The van der Waals surface area contributed by atoms with Crippen molar-refractivity contribution in [3.63, 3.8) is 0 Å². The summed E-state index contributed by atoms with van der Waals surface area (Å²) in [6.07, 6.45) is 4.54. The third-order valence-corrected chi connectivity index (χ3v) is 5.15. The fraction of sp³-hybridized carbons (Fsp3) is 0.533. The van der Waals surface area contributed by atoms with Gasteiger partial charge in [-0.3, -0.25) is 9.89 Å². The van der Waals surface area contributed by atoms with E-state index in [1.807, 2.05) is 22.4 Å². The van der Waals surface area contributed by atoms with Crippen LogP contribution in [0.25, 0.3) is 0 Å². The van der Waals surface area contributed by atoms with Crippen molar-refractivity contribution < 1.29 is 4.79 Å². The maximum Gasteiger partial charge on any atom is 0.263 e. The predicted octanol–water partition coefficient (Wildman–Crippen LogP) is 2.76. The molecule has 2 aromatic heterocycles. The van der Waals surface area contributed by atoms with E-state index >= 15 is 0 Å². The van der Waals surface area contributed by atoms with Gasteiger partial charge in [-0.2, -0.15) is 5.10 Å². The molecule has 2 aromatic rings. The number of carbonyl (C=O) groups is 1. The van der Waals surface area contributed by atoms with Crippen LogP contribution in [0.5, 0.6) is 0 Å². The summed E-state index contributed by atoms with van der Waals surface area (Å²) >= 11 is 1.51. The van der Waals surface area contributed by atoms with Crippen LogP contribution in [0.2, 0.25) is 0 Å². The van der Waals surface area contributed by atoms with Crippen LogP contribution in [-0.4, -0.2) is 39.1 Å². The molecule has 5 nitrogen and oxygen atoms in total. The summed E-state index contributed by atoms with van der Waals surface area (Å²) in [7, 11) is 0. The Morgan fingerprint density at radius 3 is 3.00 bits per heavy atom. The van der Waals surface area contributed by atoms with Gasteiger partial charge in [0, 0.05) is 24.9 Å². The third kappa shape index (κ3) is 2.60. The number of nitrogens with one attached hydrogen (secondary N) is 1. The molecule has 4 rings (SSSR count). The van der Waals surface area contributed by atoms with Gasteiger partial charge in [0.25, 0.3) is 5.91 Å². The summed E-state index contributed by atoms with van der Waals surface area (Å²) in [4.78, 5) is 19.9. The van der Waals surface area contributed by atoms with Gasteiger partial charge in [-0.15, -0.1) is 11.3 Å². The molecule has 21 heavy (non-hydrogen) atoms. The summed E-state index contributed by atoms with van der Waals surface area (Å²) < 4.78 is 0. The highest BCUT2D eigenvalue weighted by Gasteiger charge is 2.31. The number of nitrogens with zero attached hydrogens (tertiary/aromatic N) is 3. The lowest BCUT2D eigenvalue weighted by Gasteiger charge is -2.31. The smallest absolute Gasteiger partial charge is 0.263 e. The van der Waals surface area contributed by atoms with E-state index < -0.39 is 0 Å². The van der Waals surface area contributed by atoms with Crippen LogP contribution >= 0.6 is 11.3 Å². The molecule has 1 N–H and O–H groups in total. The molecule has 0 bridgehead atoms. The summed E-state index contributed by atoms with van der Waals surface area (Å²) in [5.74, 6) is 2.94. The van der Waals surface area contributed by atoms with Gasteiger partial charge < -0.3 is 4.90 Å². The molecule has 0 radical (unpaired) electrons. The highest BCUT2D eigenvalue weighted by molar-refractivity contribution is 7.12. The third-order valence-electron chi connectivity index (χ3n) is 4.29. The monoisotopic (exact) mass is 302 g/mol. The average Bonchev–Trinajstić information content (AvgIpc) is 3.05. The molecule has 110 valence electrons. The number of H-pyrrole nitrogens is 1. The summed E-state index contributed by atoms with van der Waals surface area (Å²) in [5.41, 5.74) is 0. The highest BCUT2D eigenvalue weighted by atomic mass is 32.1. The first-order valence-corrected chi connectivity index (χ1v) is 8.44. The molecule has 3 heterocycles. The Hall–Kier alpha value is -1.69. The van der Waals surface area contributed by atoms with E-state index in [4.69, 9.17) is 0 Å². The molecule has 1 saturated carbocycles. The lowest BCUT2D eigenvalue weighted by molar-refractivity contribution is 0.0709. The van der Waals surface area contributed by atoms with Gasteiger partial charge in [-0.1, -0.05) is 6.07 Å². The highest BCUT2D eigenvalue weighted by Crippen LogP contribution is 2.38. The van der Waals surface area contributed by atoms with Crippen LogP contribution in [0.3, 0.4) is 0 Å². The molecular weight excluding hydrogens is 284 g/mol. The predicted molar refractivity (Wildman–Crippen MR) is 80.6 cm³/mol. The minimum Gasteiger partial charge on any atom is -0.337 e. The van der Waals surface area contributed by atoms with Crippen molar-refractivity contribution in [3.8, 4) is 0 Å². The van der Waals surface area contributed by atoms with Gasteiger partial charge in [0.2, 0.25) is 0 Å². The largest absolute Gasteiger partial charge is 0.337 e. The van der Waals surface area contributed by atoms with Gasteiger partial charge in [-0.05, 0) is 37.1 Å². The zero-order valence-corrected chi connectivity index (χ0v) is 12.6. The first-order chi connectivity index (χ1) is 10.3. The number of amides is 1. The van der Waals surface area contributed by atoms with E-state index in [-0.39, 0.29) is 11.8 Å². The minimum atomic E-state index is 0.146. The topological polar surface area (TPSA) is 61.9 Å². The molecule has 1 saturated heterocycles. The van der Waals surface area contributed by atoms with E-state index in [0.29, 0.717) is 5.92 Å². The van der Waals surface area contributed by atoms with Crippen LogP contribution in [0.4, 0.5) is 0 Å². The van der Waals surface area contributed by atoms with Gasteiger partial charge in [0.15, 0.2) is 5.82 Å². The summed E-state index contributed by atoms with van der Waals surface area (Å²) in [5, 5.41) is 9.41. The zero-order chi connectivity index (χ0) is 14.2. The van der Waals surface area contributed by atoms with Crippen LogP contribution < -0.4 is 0 Å². The summed E-state index contributed by atoms with van der Waals surface area (Å²) in [6, 6.07) is 3.82. The molecular formula is C15H18N4OS. The first-order valence-electron chi connectivity index (χ1n) is 7.56. The average molecular weight is 302 g/mol. The second-order valence-electron chi connectivity index (χ2n) is 5.92. The number of aromatic amines is 1. The van der Waals surface area contributed by atoms with E-state index in [9.17, 15) is 4.79 Å². The van der Waals surface area contributed by atoms with Crippen molar-refractivity contribution in [1.82, 2.24) is 20.1 Å². The lowest BCUT2D eigenvalue weighted by Crippen LogP contribution is -2.39. The molecule has 0 aromatic carbocycles. The van der Waals surface area contributed by atoms with Crippen LogP contribution in [0.15, 0.2) is 17.5 Å². The quantitative estimate of drug-likeness (QED) is 0.948. The van der Waals surface area contributed by atoms with E-state index in [1.54, 1.807) is 0 Å². The number of hydrogen-bond donors (Lipinski definition) is 1. The molecule has 1 aliphatic heterocycles. The molecule has 1 atom stereocenters. The number of hydrogen-bond acceptors (Lipinski definition) is 4. The molecule has 0 spiro atoms. The molecule has 2 fully saturated rings. The van der Waals surface area contributed by atoms with Gasteiger partial charge in [-0.25, -0.2) is 4.98 Å². The molecule has 1 aliphatic carbocycles. The molecule has 2 aliphatic rings. The number of rotatable bonds is 3. The Balaban J connectivity index is 1.48. The zero-order valence-electron chi connectivity index (χ0n) is 11.8. The van der Waals surface area contributed by atoms with E-state index in [1.165, 1.54) is 24.2 Å². The van der Waals surface area contributed by atoms with Crippen molar-refractivity contribution >= 4 is 17.2 Å². The van der Waals surface area contributed by atoms with Crippen LogP contribution in [0.1, 0.15) is 58.8 Å². The Morgan fingerprint density at radius 1 is 1.33 bits per heavy atom. The van der Waals surface area contributed by atoms with E-state index in [2.05, 4.69) is 15.2 Å². The van der Waals surface area contributed by atoms with Crippen LogP contribution in [-0.2, 0) is 0 Å². The maximum absolute atomic E-state index is 12.4. The summed E-state index contributed by atoms with van der Waals surface area (Å²) in [6.45, 7) is 1.58. The number of likely N-dealkylation sites (tertiary alicyclic amines) is 1. The number of carbonyl (C=O) groups excluding carboxylic acids is 1. The first kappa shape index (κ1) is 13.0. The SMILES string of the molecule is O=C(c1cccs1)N1CCC[C@@H](c2n[nH]c(C3CC3)n2)C1. The second-order valence-corrected chi connectivity index (χ2v) is 6.87. The Bertz CT molecular complexity index is 632. The molecule has 6 heteroatoms. The Labute approximate surface area is 127 Å². The Morgan fingerprint density at radius 2 is 2.24 bits per heavy atom. The lowest BCUT2D eigenvalue weighted by atomic mass is 9.97. The number of thiophene rings is 1. The van der Waals surface area contributed by atoms with Gasteiger partial charge in [0.1, 0.15) is 5.82 Å². The van der Waals surface area contributed by atoms with Crippen molar-refractivity contribution in [2.24, 2.45) is 0 Å². The number of piperidine rings is 1. The van der Waals surface area contributed by atoms with E-state index in [0.717, 1.165) is 42.5 Å². The van der Waals surface area contributed by atoms with Crippen molar-refractivity contribution in [1.29, 1.82) is 0 Å². The Kier molecular flexibility index (Phi) is 3.25. The fourth-order valence-electron chi connectivity index (χ4n) is 2.94. The normalized spacial score (nSPS) is 22.5.